The number of hydrogen-bond acceptors (Lipinski definition) is 5. The molecule has 1 aromatic heterocycles. The normalized spacial score (nSPS) is 10.6. The van der Waals surface area contributed by atoms with Gasteiger partial charge in [-0.3, -0.25) is 0 Å². The Labute approximate surface area is 102 Å². The summed E-state index contributed by atoms with van der Waals surface area (Å²) in [6, 6.07) is 5.40. The Morgan fingerprint density at radius 2 is 2.25 bits per heavy atom. The minimum atomic E-state index is 0.665. The molecule has 16 heavy (non-hydrogen) atoms. The average Bonchev–Trinajstić information content (AvgIpc) is 2.66. The first-order valence-electron chi connectivity index (χ1n) is 4.62. The van der Waals surface area contributed by atoms with Gasteiger partial charge in [-0.05, 0) is 25.1 Å². The molecule has 0 saturated heterocycles. The molecule has 6 heteroatoms. The third-order valence-electron chi connectivity index (χ3n) is 2.07. The van der Waals surface area contributed by atoms with Gasteiger partial charge < -0.3 is 5.73 Å². The Hall–Kier alpha value is -1.20. The van der Waals surface area contributed by atoms with Gasteiger partial charge in [0, 0.05) is 16.3 Å². The molecular weight excluding hydrogens is 246 g/mol. The number of aryl methyl sites for hydroxylation is 1. The summed E-state index contributed by atoms with van der Waals surface area (Å²) in [6.07, 6.45) is 0. The van der Waals surface area contributed by atoms with E-state index in [9.17, 15) is 0 Å². The van der Waals surface area contributed by atoms with E-state index in [-0.39, 0.29) is 0 Å². The molecule has 2 rings (SSSR count). The van der Waals surface area contributed by atoms with E-state index in [2.05, 4.69) is 14.9 Å². The van der Waals surface area contributed by atoms with E-state index >= 15 is 0 Å². The van der Waals surface area contributed by atoms with Crippen LogP contribution in [0.2, 0.25) is 5.02 Å². The summed E-state index contributed by atoms with van der Waals surface area (Å²) in [7, 11) is 0. The van der Waals surface area contributed by atoms with E-state index in [1.54, 1.807) is 23.9 Å². The van der Waals surface area contributed by atoms with Crippen LogP contribution in [0.25, 0.3) is 0 Å². The molecule has 0 aliphatic heterocycles. The molecule has 2 N–H and O–H groups in total. The number of benzene rings is 1. The van der Waals surface area contributed by atoms with Crippen LogP contribution in [0.3, 0.4) is 0 Å². The molecule has 0 spiro atoms. The Morgan fingerprint density at radius 1 is 1.44 bits per heavy atom. The van der Waals surface area contributed by atoms with Gasteiger partial charge >= 0.3 is 0 Å². The molecule has 84 valence electrons. The fourth-order valence-electron chi connectivity index (χ4n) is 1.16. The second kappa shape index (κ2) is 4.76. The first-order valence-corrected chi connectivity index (χ1v) is 5.99. The third-order valence-corrected chi connectivity index (χ3v) is 3.57. The number of halogens is 1. The fourth-order valence-corrected chi connectivity index (χ4v) is 2.42. The lowest BCUT2D eigenvalue weighted by atomic mass is 10.3. The third kappa shape index (κ3) is 2.48. The van der Waals surface area contributed by atoms with Crippen LogP contribution >= 0.6 is 23.4 Å². The minimum Gasteiger partial charge on any atom is -0.399 e. The molecule has 0 aliphatic carbocycles. The first kappa shape index (κ1) is 11.3. The molecule has 0 fully saturated rings. The van der Waals surface area contributed by atoms with Crippen LogP contribution in [0.15, 0.2) is 27.7 Å². The van der Waals surface area contributed by atoms with Crippen molar-refractivity contribution in [3.8, 4) is 0 Å². The number of nitrogens with zero attached hydrogens (tertiary/aromatic N) is 2. The predicted molar refractivity (Wildman–Crippen MR) is 64.5 cm³/mol. The zero-order valence-corrected chi connectivity index (χ0v) is 10.2. The quantitative estimate of drug-likeness (QED) is 0.675. The average molecular weight is 256 g/mol. The SMILES string of the molecule is Cc1nonc1CSc1cc(N)ccc1Cl. The number of anilines is 1. The standard InChI is InChI=1S/C10H10ClN3OS/c1-6-9(14-15-13-6)5-16-10-4-7(12)2-3-8(10)11/h2-4H,5,12H2,1H3. The Bertz CT molecular complexity index is 501. The maximum Gasteiger partial charge on any atom is 0.118 e. The summed E-state index contributed by atoms with van der Waals surface area (Å²) >= 11 is 7.60. The number of aromatic nitrogens is 2. The van der Waals surface area contributed by atoms with Crippen molar-refractivity contribution in [2.75, 3.05) is 5.73 Å². The molecule has 0 bridgehead atoms. The van der Waals surface area contributed by atoms with Gasteiger partial charge in [0.05, 0.1) is 5.02 Å². The van der Waals surface area contributed by atoms with E-state index in [1.807, 2.05) is 13.0 Å². The van der Waals surface area contributed by atoms with Crippen LogP contribution in [-0.2, 0) is 5.75 Å². The first-order chi connectivity index (χ1) is 7.66. The zero-order valence-electron chi connectivity index (χ0n) is 8.61. The van der Waals surface area contributed by atoms with Crippen molar-refractivity contribution >= 4 is 29.1 Å². The number of hydrogen-bond donors (Lipinski definition) is 1. The number of thioether (sulfide) groups is 1. The number of nitrogen functional groups attached to an aromatic ring is 1. The predicted octanol–water partition coefficient (Wildman–Crippen LogP) is 2.91. The largest absolute Gasteiger partial charge is 0.399 e. The molecule has 0 saturated carbocycles. The van der Waals surface area contributed by atoms with E-state index in [4.69, 9.17) is 17.3 Å². The van der Waals surface area contributed by atoms with Crippen LogP contribution in [0.4, 0.5) is 5.69 Å². The van der Waals surface area contributed by atoms with Crippen molar-refractivity contribution in [2.24, 2.45) is 0 Å². The van der Waals surface area contributed by atoms with Crippen LogP contribution in [0.5, 0.6) is 0 Å². The van der Waals surface area contributed by atoms with E-state index < -0.39 is 0 Å². The molecule has 2 aromatic rings. The van der Waals surface area contributed by atoms with Gasteiger partial charge in [0.25, 0.3) is 0 Å². The summed E-state index contributed by atoms with van der Waals surface area (Å²) in [5.41, 5.74) is 8.01. The highest BCUT2D eigenvalue weighted by Crippen LogP contribution is 2.31. The van der Waals surface area contributed by atoms with Gasteiger partial charge in [-0.25, -0.2) is 4.63 Å². The molecule has 0 aliphatic rings. The Morgan fingerprint density at radius 3 is 2.94 bits per heavy atom. The topological polar surface area (TPSA) is 64.9 Å². The highest BCUT2D eigenvalue weighted by atomic mass is 35.5. The molecular formula is C10H10ClN3OS. The molecule has 4 nitrogen and oxygen atoms in total. The van der Waals surface area contributed by atoms with Gasteiger partial charge in [-0.2, -0.15) is 0 Å². The summed E-state index contributed by atoms with van der Waals surface area (Å²) in [5, 5.41) is 8.20. The van der Waals surface area contributed by atoms with Crippen LogP contribution < -0.4 is 5.73 Å². The lowest BCUT2D eigenvalue weighted by Crippen LogP contribution is -1.87. The molecule has 0 unspecified atom stereocenters. The molecule has 0 atom stereocenters. The zero-order chi connectivity index (χ0) is 11.5. The van der Waals surface area contributed by atoms with Crippen LogP contribution in [0, 0.1) is 6.92 Å². The minimum absolute atomic E-state index is 0.665. The maximum absolute atomic E-state index is 6.04. The lowest BCUT2D eigenvalue weighted by Gasteiger charge is -2.03. The monoisotopic (exact) mass is 255 g/mol. The van der Waals surface area contributed by atoms with E-state index in [0.29, 0.717) is 16.5 Å². The second-order valence-electron chi connectivity index (χ2n) is 3.27. The van der Waals surface area contributed by atoms with Gasteiger partial charge in [0.1, 0.15) is 11.4 Å². The van der Waals surface area contributed by atoms with E-state index in [1.165, 1.54) is 0 Å². The van der Waals surface area contributed by atoms with Crippen molar-refractivity contribution in [1.29, 1.82) is 0 Å². The maximum atomic E-state index is 6.04. The van der Waals surface area contributed by atoms with Gasteiger partial charge in [0.2, 0.25) is 0 Å². The fraction of sp³-hybridized carbons (Fsp3) is 0.200. The van der Waals surface area contributed by atoms with E-state index in [0.717, 1.165) is 16.3 Å². The summed E-state index contributed by atoms with van der Waals surface area (Å²) in [5.74, 6) is 0.665. The summed E-state index contributed by atoms with van der Waals surface area (Å²) in [4.78, 5) is 0.934. The van der Waals surface area contributed by atoms with Crippen LogP contribution in [-0.4, -0.2) is 10.3 Å². The Kier molecular flexibility index (Phi) is 3.36. The Balaban J connectivity index is 2.10. The lowest BCUT2D eigenvalue weighted by molar-refractivity contribution is 0.302. The van der Waals surface area contributed by atoms with Gasteiger partial charge in [-0.1, -0.05) is 21.9 Å². The van der Waals surface area contributed by atoms with Gasteiger partial charge in [-0.15, -0.1) is 11.8 Å². The summed E-state index contributed by atoms with van der Waals surface area (Å²) in [6.45, 7) is 1.85. The number of rotatable bonds is 3. The van der Waals surface area contributed by atoms with Crippen molar-refractivity contribution < 1.29 is 4.63 Å². The smallest absolute Gasteiger partial charge is 0.118 e. The van der Waals surface area contributed by atoms with Crippen molar-refractivity contribution in [3.63, 3.8) is 0 Å². The van der Waals surface area contributed by atoms with Crippen molar-refractivity contribution in [1.82, 2.24) is 10.3 Å². The van der Waals surface area contributed by atoms with Gasteiger partial charge in [0.15, 0.2) is 0 Å². The highest BCUT2D eigenvalue weighted by Gasteiger charge is 2.07. The molecule has 1 aromatic carbocycles. The summed E-state index contributed by atoms with van der Waals surface area (Å²) < 4.78 is 4.62. The molecule has 0 amide bonds. The van der Waals surface area contributed by atoms with Crippen molar-refractivity contribution in [2.45, 2.75) is 17.6 Å². The number of nitrogens with two attached hydrogens (primary N) is 1. The highest BCUT2D eigenvalue weighted by molar-refractivity contribution is 7.98. The molecule has 1 heterocycles. The molecule has 0 radical (unpaired) electrons. The van der Waals surface area contributed by atoms with Crippen LogP contribution in [0.1, 0.15) is 11.4 Å². The second-order valence-corrected chi connectivity index (χ2v) is 4.70. The van der Waals surface area contributed by atoms with Crippen molar-refractivity contribution in [3.05, 3.63) is 34.6 Å².